The molecule has 1 nitrogen and oxygen atoms in total. The van der Waals surface area contributed by atoms with Crippen LogP contribution in [0.1, 0.15) is 65.2 Å². The van der Waals surface area contributed by atoms with E-state index in [4.69, 9.17) is 0 Å². The molecule has 0 spiro atoms. The summed E-state index contributed by atoms with van der Waals surface area (Å²) in [7, 11) is 0. The van der Waals surface area contributed by atoms with Crippen molar-refractivity contribution in [2.24, 2.45) is 11.8 Å². The van der Waals surface area contributed by atoms with E-state index in [-0.39, 0.29) is 0 Å². The molecule has 0 amide bonds. The zero-order chi connectivity index (χ0) is 10.7. The van der Waals surface area contributed by atoms with Gasteiger partial charge in [0.25, 0.3) is 0 Å². The molecule has 2 saturated carbocycles. The highest BCUT2D eigenvalue weighted by molar-refractivity contribution is 4.85. The molecule has 2 aliphatic carbocycles. The van der Waals surface area contributed by atoms with Crippen LogP contribution in [0.25, 0.3) is 0 Å². The zero-order valence-corrected chi connectivity index (χ0v) is 10.5. The fourth-order valence-electron chi connectivity index (χ4n) is 3.40. The van der Waals surface area contributed by atoms with Crippen molar-refractivity contribution in [3.05, 3.63) is 0 Å². The van der Waals surface area contributed by atoms with Crippen LogP contribution in [-0.4, -0.2) is 12.1 Å². The lowest BCUT2D eigenvalue weighted by Gasteiger charge is -2.26. The molecule has 0 aromatic heterocycles. The highest BCUT2D eigenvalue weighted by atomic mass is 15.0. The topological polar surface area (TPSA) is 12.0 Å². The number of rotatable bonds is 2. The summed E-state index contributed by atoms with van der Waals surface area (Å²) in [5, 5.41) is 3.94. The molecule has 2 fully saturated rings. The Labute approximate surface area is 95.0 Å². The van der Waals surface area contributed by atoms with E-state index in [2.05, 4.69) is 19.2 Å². The summed E-state index contributed by atoms with van der Waals surface area (Å²) in [5.74, 6) is 1.87. The van der Waals surface area contributed by atoms with Crippen molar-refractivity contribution in [1.29, 1.82) is 0 Å². The van der Waals surface area contributed by atoms with E-state index in [1.54, 1.807) is 0 Å². The third kappa shape index (κ3) is 3.21. The smallest absolute Gasteiger partial charge is 0.00952 e. The largest absolute Gasteiger partial charge is 0.311 e. The summed E-state index contributed by atoms with van der Waals surface area (Å²) in [6, 6.07) is 1.66. The highest BCUT2D eigenvalue weighted by Gasteiger charge is 2.26. The van der Waals surface area contributed by atoms with Crippen LogP contribution in [0.2, 0.25) is 0 Å². The second-order valence-corrected chi connectivity index (χ2v) is 6.00. The van der Waals surface area contributed by atoms with Gasteiger partial charge in [0, 0.05) is 12.1 Å². The van der Waals surface area contributed by atoms with Crippen molar-refractivity contribution in [3.8, 4) is 0 Å². The van der Waals surface area contributed by atoms with E-state index in [0.717, 1.165) is 23.9 Å². The molecule has 0 saturated heterocycles. The van der Waals surface area contributed by atoms with Gasteiger partial charge in [-0.05, 0) is 43.9 Å². The van der Waals surface area contributed by atoms with E-state index in [0.29, 0.717) is 0 Å². The summed E-state index contributed by atoms with van der Waals surface area (Å²) in [6.07, 6.45) is 11.5. The summed E-state index contributed by atoms with van der Waals surface area (Å²) in [5.41, 5.74) is 0. The first-order valence-electron chi connectivity index (χ1n) is 7.01. The average molecular weight is 209 g/mol. The Morgan fingerprint density at radius 1 is 0.867 bits per heavy atom. The van der Waals surface area contributed by atoms with Crippen molar-refractivity contribution in [2.75, 3.05) is 0 Å². The van der Waals surface area contributed by atoms with Gasteiger partial charge < -0.3 is 5.32 Å². The van der Waals surface area contributed by atoms with Crippen LogP contribution in [0.15, 0.2) is 0 Å². The second kappa shape index (κ2) is 5.34. The minimum Gasteiger partial charge on any atom is -0.311 e. The van der Waals surface area contributed by atoms with E-state index >= 15 is 0 Å². The molecule has 4 unspecified atom stereocenters. The van der Waals surface area contributed by atoms with Gasteiger partial charge in [0.1, 0.15) is 0 Å². The van der Waals surface area contributed by atoms with Crippen LogP contribution in [0.4, 0.5) is 0 Å². The molecular formula is C14H27N. The predicted molar refractivity (Wildman–Crippen MR) is 66.0 cm³/mol. The lowest BCUT2D eigenvalue weighted by Crippen LogP contribution is -2.40. The second-order valence-electron chi connectivity index (χ2n) is 6.00. The van der Waals surface area contributed by atoms with Crippen molar-refractivity contribution in [2.45, 2.75) is 77.3 Å². The fraction of sp³-hybridized carbons (Fsp3) is 1.00. The number of nitrogens with one attached hydrogen (secondary N) is 1. The molecule has 0 aromatic carbocycles. The predicted octanol–water partition coefficient (Wildman–Crippen LogP) is 3.73. The molecule has 2 rings (SSSR count). The van der Waals surface area contributed by atoms with Gasteiger partial charge >= 0.3 is 0 Å². The van der Waals surface area contributed by atoms with E-state index in [1.165, 1.54) is 51.4 Å². The third-order valence-electron chi connectivity index (χ3n) is 4.51. The molecule has 0 bridgehead atoms. The molecule has 0 heterocycles. The van der Waals surface area contributed by atoms with Gasteiger partial charge in [0.2, 0.25) is 0 Å². The molecule has 2 aliphatic rings. The molecule has 88 valence electrons. The van der Waals surface area contributed by atoms with Crippen molar-refractivity contribution in [3.63, 3.8) is 0 Å². The van der Waals surface area contributed by atoms with Gasteiger partial charge in [-0.3, -0.25) is 0 Å². The lowest BCUT2D eigenvalue weighted by atomic mass is 9.96. The SMILES string of the molecule is CC1CCC(NC2CCCCCC2C)C1. The third-order valence-corrected chi connectivity index (χ3v) is 4.51. The molecule has 15 heavy (non-hydrogen) atoms. The first-order chi connectivity index (χ1) is 7.25. The summed E-state index contributed by atoms with van der Waals surface area (Å²) in [4.78, 5) is 0. The quantitative estimate of drug-likeness (QED) is 0.683. The molecule has 1 N–H and O–H groups in total. The summed E-state index contributed by atoms with van der Waals surface area (Å²) >= 11 is 0. The summed E-state index contributed by atoms with van der Waals surface area (Å²) < 4.78 is 0. The van der Waals surface area contributed by atoms with E-state index in [9.17, 15) is 0 Å². The Kier molecular flexibility index (Phi) is 4.07. The summed E-state index contributed by atoms with van der Waals surface area (Å²) in [6.45, 7) is 4.85. The number of hydrogen-bond acceptors (Lipinski definition) is 1. The Hall–Kier alpha value is -0.0400. The van der Waals surface area contributed by atoms with Crippen molar-refractivity contribution < 1.29 is 0 Å². The van der Waals surface area contributed by atoms with E-state index < -0.39 is 0 Å². The standard InChI is InChI=1S/C14H27N/c1-11-8-9-13(10-11)15-14-7-5-3-4-6-12(14)2/h11-15H,3-10H2,1-2H3. The van der Waals surface area contributed by atoms with Crippen molar-refractivity contribution >= 4 is 0 Å². The molecule has 4 atom stereocenters. The van der Waals surface area contributed by atoms with Gasteiger partial charge in [-0.15, -0.1) is 0 Å². The highest BCUT2D eigenvalue weighted by Crippen LogP contribution is 2.28. The first-order valence-corrected chi connectivity index (χ1v) is 7.01. The Balaban J connectivity index is 1.81. The maximum atomic E-state index is 3.94. The number of hydrogen-bond donors (Lipinski definition) is 1. The Morgan fingerprint density at radius 3 is 2.40 bits per heavy atom. The van der Waals surface area contributed by atoms with Gasteiger partial charge in [-0.2, -0.15) is 0 Å². The monoisotopic (exact) mass is 209 g/mol. The van der Waals surface area contributed by atoms with Crippen LogP contribution in [0.5, 0.6) is 0 Å². The van der Waals surface area contributed by atoms with Crippen molar-refractivity contribution in [1.82, 2.24) is 5.32 Å². The van der Waals surface area contributed by atoms with Crippen LogP contribution in [0, 0.1) is 11.8 Å². The van der Waals surface area contributed by atoms with Crippen LogP contribution in [-0.2, 0) is 0 Å². The van der Waals surface area contributed by atoms with Gasteiger partial charge in [-0.1, -0.05) is 33.1 Å². The van der Waals surface area contributed by atoms with Crippen LogP contribution in [0.3, 0.4) is 0 Å². The van der Waals surface area contributed by atoms with Gasteiger partial charge in [0.15, 0.2) is 0 Å². The molecule has 0 radical (unpaired) electrons. The maximum Gasteiger partial charge on any atom is 0.00952 e. The van der Waals surface area contributed by atoms with E-state index in [1.807, 2.05) is 0 Å². The Morgan fingerprint density at radius 2 is 1.67 bits per heavy atom. The molecule has 0 aromatic rings. The fourth-order valence-corrected chi connectivity index (χ4v) is 3.40. The molecule has 0 aliphatic heterocycles. The van der Waals surface area contributed by atoms with Gasteiger partial charge in [-0.25, -0.2) is 0 Å². The normalized spacial score (nSPS) is 42.8. The molecular weight excluding hydrogens is 182 g/mol. The average Bonchev–Trinajstić information content (AvgIpc) is 2.50. The first kappa shape index (κ1) is 11.4. The van der Waals surface area contributed by atoms with Gasteiger partial charge in [0.05, 0.1) is 0 Å². The minimum atomic E-state index is 0.822. The van der Waals surface area contributed by atoms with Crippen LogP contribution < -0.4 is 5.32 Å². The lowest BCUT2D eigenvalue weighted by molar-refractivity contribution is 0.318. The van der Waals surface area contributed by atoms with Crippen LogP contribution >= 0.6 is 0 Å². The maximum absolute atomic E-state index is 3.94. The zero-order valence-electron chi connectivity index (χ0n) is 10.5. The minimum absolute atomic E-state index is 0.822. The Bertz CT molecular complexity index is 190. The molecule has 1 heteroatoms.